The van der Waals surface area contributed by atoms with Gasteiger partial charge in [-0.1, -0.05) is 6.92 Å². The summed E-state index contributed by atoms with van der Waals surface area (Å²) in [5.74, 6) is 0.821. The van der Waals surface area contributed by atoms with Gasteiger partial charge in [0.15, 0.2) is 5.82 Å². The molecule has 0 saturated heterocycles. The molecule has 0 aliphatic heterocycles. The molecule has 0 spiro atoms. The quantitative estimate of drug-likeness (QED) is 0.648. The monoisotopic (exact) mass is 293 g/mol. The fraction of sp³-hybridized carbons (Fsp3) is 0.500. The van der Waals surface area contributed by atoms with Gasteiger partial charge in [-0.05, 0) is 6.42 Å². The molecular formula is C12H19N7O2. The topological polar surface area (TPSA) is 124 Å². The number of anilines is 2. The van der Waals surface area contributed by atoms with Crippen LogP contribution in [0.1, 0.15) is 19.2 Å². The molecule has 0 aliphatic carbocycles. The molecule has 0 amide bonds. The van der Waals surface area contributed by atoms with Crippen LogP contribution in [-0.4, -0.2) is 30.9 Å². The summed E-state index contributed by atoms with van der Waals surface area (Å²) in [6.07, 6.45) is 2.90. The van der Waals surface area contributed by atoms with Crippen LogP contribution >= 0.6 is 0 Å². The highest BCUT2D eigenvalue weighted by Gasteiger charge is 2.11. The van der Waals surface area contributed by atoms with Gasteiger partial charge in [-0.2, -0.15) is 5.10 Å². The molecule has 0 bridgehead atoms. The van der Waals surface area contributed by atoms with E-state index in [1.54, 1.807) is 18.1 Å². The minimum Gasteiger partial charge on any atom is -0.383 e. The van der Waals surface area contributed by atoms with E-state index in [9.17, 15) is 9.59 Å². The Bertz CT molecular complexity index is 728. The summed E-state index contributed by atoms with van der Waals surface area (Å²) in [7, 11) is 1.78. The first kappa shape index (κ1) is 14.8. The van der Waals surface area contributed by atoms with E-state index in [0.29, 0.717) is 25.3 Å². The van der Waals surface area contributed by atoms with E-state index in [4.69, 9.17) is 5.73 Å². The Morgan fingerprint density at radius 2 is 2.19 bits per heavy atom. The number of nitrogens with zero attached hydrogens (tertiary/aromatic N) is 4. The van der Waals surface area contributed by atoms with E-state index < -0.39 is 11.2 Å². The van der Waals surface area contributed by atoms with Crippen molar-refractivity contribution in [2.75, 3.05) is 17.6 Å². The third-order valence-electron chi connectivity index (χ3n) is 2.98. The van der Waals surface area contributed by atoms with Gasteiger partial charge >= 0.3 is 5.69 Å². The minimum absolute atomic E-state index is 0.152. The second kappa shape index (κ2) is 6.25. The number of nitrogen functional groups attached to an aromatic ring is 1. The second-order valence-corrected chi connectivity index (χ2v) is 4.68. The molecule has 21 heavy (non-hydrogen) atoms. The third-order valence-corrected chi connectivity index (χ3v) is 2.98. The lowest BCUT2D eigenvalue weighted by molar-refractivity contribution is 0.642. The largest absolute Gasteiger partial charge is 0.383 e. The maximum absolute atomic E-state index is 11.8. The third kappa shape index (κ3) is 3.30. The van der Waals surface area contributed by atoms with Crippen molar-refractivity contribution < 1.29 is 0 Å². The van der Waals surface area contributed by atoms with Crippen LogP contribution in [-0.2, 0) is 20.0 Å². The van der Waals surface area contributed by atoms with Crippen LogP contribution in [0.5, 0.6) is 0 Å². The number of aromatic nitrogens is 5. The van der Waals surface area contributed by atoms with Crippen molar-refractivity contribution in [3.8, 4) is 0 Å². The van der Waals surface area contributed by atoms with Gasteiger partial charge in [-0.25, -0.2) is 9.78 Å². The molecule has 9 nitrogen and oxygen atoms in total. The van der Waals surface area contributed by atoms with E-state index in [0.717, 1.165) is 6.42 Å². The Morgan fingerprint density at radius 1 is 1.43 bits per heavy atom. The van der Waals surface area contributed by atoms with Crippen molar-refractivity contribution in [1.29, 1.82) is 0 Å². The average molecular weight is 293 g/mol. The van der Waals surface area contributed by atoms with Gasteiger partial charge in [0.05, 0.1) is 0 Å². The van der Waals surface area contributed by atoms with Crippen molar-refractivity contribution in [2.45, 2.75) is 26.3 Å². The molecule has 0 aromatic carbocycles. The zero-order chi connectivity index (χ0) is 15.4. The predicted molar refractivity (Wildman–Crippen MR) is 79.2 cm³/mol. The van der Waals surface area contributed by atoms with E-state index >= 15 is 0 Å². The van der Waals surface area contributed by atoms with E-state index in [-0.39, 0.29) is 11.5 Å². The highest BCUT2D eigenvalue weighted by atomic mass is 16.2. The van der Waals surface area contributed by atoms with Crippen LogP contribution in [0.2, 0.25) is 0 Å². The molecule has 0 aliphatic rings. The normalized spacial score (nSPS) is 10.8. The summed E-state index contributed by atoms with van der Waals surface area (Å²) in [6, 6.07) is 0. The summed E-state index contributed by atoms with van der Waals surface area (Å²) in [5.41, 5.74) is 5.10. The maximum Gasteiger partial charge on any atom is 0.330 e. The Labute approximate surface area is 120 Å². The first-order chi connectivity index (χ1) is 10.0. The Hall–Kier alpha value is -2.58. The van der Waals surface area contributed by atoms with E-state index in [1.165, 1.54) is 4.57 Å². The van der Waals surface area contributed by atoms with Gasteiger partial charge in [-0.3, -0.25) is 19.0 Å². The molecule has 0 unspecified atom stereocenters. The van der Waals surface area contributed by atoms with Crippen LogP contribution < -0.4 is 22.3 Å². The van der Waals surface area contributed by atoms with Crippen LogP contribution in [0.3, 0.4) is 0 Å². The second-order valence-electron chi connectivity index (χ2n) is 4.68. The molecular weight excluding hydrogens is 274 g/mol. The molecule has 2 rings (SSSR count). The molecule has 2 heterocycles. The van der Waals surface area contributed by atoms with Gasteiger partial charge < -0.3 is 11.1 Å². The van der Waals surface area contributed by atoms with Crippen LogP contribution in [0.25, 0.3) is 0 Å². The smallest absolute Gasteiger partial charge is 0.330 e. The molecule has 2 aromatic rings. The molecule has 0 atom stereocenters. The summed E-state index contributed by atoms with van der Waals surface area (Å²) < 4.78 is 2.96. The minimum atomic E-state index is -0.515. The summed E-state index contributed by atoms with van der Waals surface area (Å²) in [6.45, 7) is 2.83. The molecule has 114 valence electrons. The van der Waals surface area contributed by atoms with E-state index in [1.807, 2.05) is 6.92 Å². The fourth-order valence-corrected chi connectivity index (χ4v) is 2.00. The highest BCUT2D eigenvalue weighted by Crippen LogP contribution is 2.10. The lowest BCUT2D eigenvalue weighted by Crippen LogP contribution is -2.34. The van der Waals surface area contributed by atoms with E-state index in [2.05, 4.69) is 20.4 Å². The SMILES string of the molecule is CCCn1c(N)c(NCCc2ncn(C)n2)c(=O)[nH]c1=O. The lowest BCUT2D eigenvalue weighted by Gasteiger charge is -2.12. The summed E-state index contributed by atoms with van der Waals surface area (Å²) in [5, 5.41) is 7.09. The first-order valence-electron chi connectivity index (χ1n) is 6.74. The van der Waals surface area contributed by atoms with Gasteiger partial charge in [-0.15, -0.1) is 0 Å². The molecule has 0 fully saturated rings. The van der Waals surface area contributed by atoms with Gasteiger partial charge in [0.2, 0.25) is 0 Å². The standard InChI is InChI=1S/C12H19N7O2/c1-3-6-19-10(13)9(11(20)16-12(19)21)14-5-4-8-15-7-18(2)17-8/h7,14H,3-6,13H2,1-2H3,(H,16,20,21). The maximum atomic E-state index is 11.8. The number of nitrogens with two attached hydrogens (primary N) is 1. The predicted octanol–water partition coefficient (Wildman–Crippen LogP) is -0.688. The van der Waals surface area contributed by atoms with Gasteiger partial charge in [0, 0.05) is 26.6 Å². The molecule has 4 N–H and O–H groups in total. The lowest BCUT2D eigenvalue weighted by atomic mass is 10.3. The van der Waals surface area contributed by atoms with Crippen molar-refractivity contribution in [3.05, 3.63) is 33.0 Å². The highest BCUT2D eigenvalue weighted by molar-refractivity contribution is 5.60. The number of nitrogens with one attached hydrogen (secondary N) is 2. The number of aryl methyl sites for hydroxylation is 1. The number of hydrogen-bond acceptors (Lipinski definition) is 6. The average Bonchev–Trinajstić information content (AvgIpc) is 2.84. The van der Waals surface area contributed by atoms with Crippen molar-refractivity contribution in [2.24, 2.45) is 7.05 Å². The Kier molecular flexibility index (Phi) is 4.41. The molecule has 0 radical (unpaired) electrons. The molecule has 9 heteroatoms. The Balaban J connectivity index is 2.14. The zero-order valence-corrected chi connectivity index (χ0v) is 12.1. The van der Waals surface area contributed by atoms with Gasteiger partial charge in [0.1, 0.15) is 17.8 Å². The van der Waals surface area contributed by atoms with Crippen molar-refractivity contribution in [1.82, 2.24) is 24.3 Å². The van der Waals surface area contributed by atoms with Crippen molar-refractivity contribution >= 4 is 11.5 Å². The van der Waals surface area contributed by atoms with Crippen LogP contribution in [0.15, 0.2) is 15.9 Å². The Morgan fingerprint density at radius 3 is 2.81 bits per heavy atom. The summed E-state index contributed by atoms with van der Waals surface area (Å²) >= 11 is 0. The van der Waals surface area contributed by atoms with Gasteiger partial charge in [0.25, 0.3) is 5.56 Å². The molecule has 0 saturated carbocycles. The number of rotatable bonds is 6. The summed E-state index contributed by atoms with van der Waals surface area (Å²) in [4.78, 5) is 29.8. The molecule has 2 aromatic heterocycles. The fourth-order valence-electron chi connectivity index (χ4n) is 2.00. The number of H-pyrrole nitrogens is 1. The van der Waals surface area contributed by atoms with Crippen molar-refractivity contribution in [3.63, 3.8) is 0 Å². The first-order valence-corrected chi connectivity index (χ1v) is 6.74. The van der Waals surface area contributed by atoms with Crippen LogP contribution in [0, 0.1) is 0 Å². The number of hydrogen-bond donors (Lipinski definition) is 3. The van der Waals surface area contributed by atoms with Crippen LogP contribution in [0.4, 0.5) is 11.5 Å². The number of aromatic amines is 1. The zero-order valence-electron chi connectivity index (χ0n) is 12.1.